The molecule has 0 amide bonds. The number of rotatable bonds is 4. The first-order valence-corrected chi connectivity index (χ1v) is 5.93. The van der Waals surface area contributed by atoms with Gasteiger partial charge in [0.1, 0.15) is 6.10 Å². The van der Waals surface area contributed by atoms with Crippen LogP contribution in [0.3, 0.4) is 0 Å². The number of hydrogen-bond acceptors (Lipinski definition) is 3. The highest BCUT2D eigenvalue weighted by atomic mass is 79.9. The molecule has 0 heterocycles. The standard InChI is InChI=1S/C10H13BrO2S/c11-5-4-9(12)10(13)7-2-1-3-8(14)6-7/h1-3,6,9-10,12-14H,4-5H2. The third kappa shape index (κ3) is 3.28. The van der Waals surface area contributed by atoms with E-state index >= 15 is 0 Å². The summed E-state index contributed by atoms with van der Waals surface area (Å²) < 4.78 is 0. The van der Waals surface area contributed by atoms with Crippen molar-refractivity contribution in [1.82, 2.24) is 0 Å². The molecular weight excluding hydrogens is 264 g/mol. The Bertz CT molecular complexity index is 293. The van der Waals surface area contributed by atoms with Crippen molar-refractivity contribution in [1.29, 1.82) is 0 Å². The molecule has 0 aliphatic heterocycles. The molecule has 0 fully saturated rings. The van der Waals surface area contributed by atoms with Gasteiger partial charge in [0.2, 0.25) is 0 Å². The minimum absolute atomic E-state index is 0.526. The molecule has 4 heteroatoms. The van der Waals surface area contributed by atoms with Gasteiger partial charge in [-0.2, -0.15) is 0 Å². The van der Waals surface area contributed by atoms with E-state index in [0.29, 0.717) is 17.3 Å². The second-order valence-electron chi connectivity index (χ2n) is 3.08. The van der Waals surface area contributed by atoms with Crippen molar-refractivity contribution in [3.8, 4) is 0 Å². The first kappa shape index (κ1) is 12.0. The Balaban J connectivity index is 2.73. The fourth-order valence-corrected chi connectivity index (χ4v) is 1.90. The van der Waals surface area contributed by atoms with Crippen molar-refractivity contribution >= 4 is 28.6 Å². The van der Waals surface area contributed by atoms with E-state index in [0.717, 1.165) is 4.90 Å². The van der Waals surface area contributed by atoms with Gasteiger partial charge in [-0.1, -0.05) is 28.1 Å². The Labute approximate surface area is 97.5 Å². The molecule has 78 valence electrons. The maximum atomic E-state index is 9.74. The first-order valence-electron chi connectivity index (χ1n) is 4.36. The number of thiol groups is 1. The van der Waals surface area contributed by atoms with Gasteiger partial charge in [0.05, 0.1) is 6.10 Å². The van der Waals surface area contributed by atoms with Crippen molar-refractivity contribution in [2.45, 2.75) is 23.5 Å². The topological polar surface area (TPSA) is 40.5 Å². The predicted molar refractivity (Wildman–Crippen MR) is 63.1 cm³/mol. The molecule has 1 rings (SSSR count). The summed E-state index contributed by atoms with van der Waals surface area (Å²) in [6.07, 6.45) is -1.04. The zero-order valence-electron chi connectivity index (χ0n) is 7.60. The molecule has 0 aliphatic carbocycles. The van der Waals surface area contributed by atoms with E-state index in [-0.39, 0.29) is 0 Å². The van der Waals surface area contributed by atoms with E-state index in [1.54, 1.807) is 12.1 Å². The number of aliphatic hydroxyl groups excluding tert-OH is 2. The maximum absolute atomic E-state index is 9.74. The molecule has 0 spiro atoms. The quantitative estimate of drug-likeness (QED) is 0.583. The fourth-order valence-electron chi connectivity index (χ4n) is 1.20. The van der Waals surface area contributed by atoms with Crippen LogP contribution in [-0.4, -0.2) is 21.6 Å². The molecule has 2 atom stereocenters. The van der Waals surface area contributed by atoms with Crippen LogP contribution in [-0.2, 0) is 0 Å². The van der Waals surface area contributed by atoms with Gasteiger partial charge in [-0.25, -0.2) is 0 Å². The second-order valence-corrected chi connectivity index (χ2v) is 4.39. The van der Waals surface area contributed by atoms with Gasteiger partial charge in [-0.3, -0.25) is 0 Å². The molecule has 0 aromatic heterocycles. The van der Waals surface area contributed by atoms with Crippen LogP contribution in [0.5, 0.6) is 0 Å². The smallest absolute Gasteiger partial charge is 0.105 e. The molecular formula is C10H13BrO2S. The molecule has 2 unspecified atom stereocenters. The fraction of sp³-hybridized carbons (Fsp3) is 0.400. The highest BCUT2D eigenvalue weighted by molar-refractivity contribution is 9.09. The Morgan fingerprint density at radius 2 is 2.07 bits per heavy atom. The van der Waals surface area contributed by atoms with Gasteiger partial charge in [0.25, 0.3) is 0 Å². The van der Waals surface area contributed by atoms with Crippen LogP contribution < -0.4 is 0 Å². The van der Waals surface area contributed by atoms with Gasteiger partial charge in [0, 0.05) is 10.2 Å². The molecule has 1 aromatic carbocycles. The number of hydrogen-bond donors (Lipinski definition) is 3. The SMILES string of the molecule is OC(CCBr)C(O)c1cccc(S)c1. The normalized spacial score (nSPS) is 15.1. The van der Waals surface area contributed by atoms with Crippen LogP contribution >= 0.6 is 28.6 Å². The van der Waals surface area contributed by atoms with Crippen LogP contribution in [0.15, 0.2) is 29.2 Å². The van der Waals surface area contributed by atoms with Gasteiger partial charge in [0.15, 0.2) is 0 Å². The van der Waals surface area contributed by atoms with E-state index < -0.39 is 12.2 Å². The Kier molecular flexibility index (Phi) is 4.95. The molecule has 0 aliphatic rings. The lowest BCUT2D eigenvalue weighted by Crippen LogP contribution is -2.18. The van der Waals surface area contributed by atoms with E-state index in [9.17, 15) is 10.2 Å². The summed E-state index contributed by atoms with van der Waals surface area (Å²) in [6.45, 7) is 0. The number of aliphatic hydroxyl groups is 2. The van der Waals surface area contributed by atoms with E-state index in [2.05, 4.69) is 28.6 Å². The number of alkyl halides is 1. The third-order valence-corrected chi connectivity index (χ3v) is 2.72. The first-order chi connectivity index (χ1) is 6.65. The third-order valence-electron chi connectivity index (χ3n) is 1.98. The summed E-state index contributed by atoms with van der Waals surface area (Å²) in [7, 11) is 0. The van der Waals surface area contributed by atoms with Crippen molar-refractivity contribution in [3.05, 3.63) is 29.8 Å². The zero-order valence-corrected chi connectivity index (χ0v) is 10.1. The van der Waals surface area contributed by atoms with Gasteiger partial charge in [-0.15, -0.1) is 12.6 Å². The van der Waals surface area contributed by atoms with Gasteiger partial charge >= 0.3 is 0 Å². The summed E-state index contributed by atoms with van der Waals surface area (Å²) in [5.74, 6) is 0. The maximum Gasteiger partial charge on any atom is 0.105 e. The highest BCUT2D eigenvalue weighted by Crippen LogP contribution is 2.21. The predicted octanol–water partition coefficient (Wildman–Crippen LogP) is 2.15. The van der Waals surface area contributed by atoms with Crippen LogP contribution in [0.1, 0.15) is 18.1 Å². The monoisotopic (exact) mass is 276 g/mol. The minimum Gasteiger partial charge on any atom is -0.390 e. The Hall–Kier alpha value is -0.0300. The number of halogens is 1. The lowest BCUT2D eigenvalue weighted by Gasteiger charge is -2.17. The Morgan fingerprint density at radius 3 is 2.64 bits per heavy atom. The van der Waals surface area contributed by atoms with Crippen molar-refractivity contribution < 1.29 is 10.2 Å². The minimum atomic E-state index is -0.834. The van der Waals surface area contributed by atoms with E-state index in [1.807, 2.05) is 12.1 Å². The van der Waals surface area contributed by atoms with Gasteiger partial charge in [-0.05, 0) is 24.1 Å². The Morgan fingerprint density at radius 1 is 1.36 bits per heavy atom. The molecule has 0 saturated carbocycles. The summed E-state index contributed by atoms with van der Waals surface area (Å²) in [6, 6.07) is 7.17. The second kappa shape index (κ2) is 5.75. The lowest BCUT2D eigenvalue weighted by atomic mass is 10.0. The zero-order chi connectivity index (χ0) is 10.6. The molecule has 0 saturated heterocycles. The summed E-state index contributed by atoms with van der Waals surface area (Å²) in [4.78, 5) is 0.785. The lowest BCUT2D eigenvalue weighted by molar-refractivity contribution is 0.0172. The average Bonchev–Trinajstić information content (AvgIpc) is 2.17. The molecule has 2 N–H and O–H groups in total. The summed E-state index contributed by atoms with van der Waals surface area (Å²) >= 11 is 7.39. The number of benzene rings is 1. The summed E-state index contributed by atoms with van der Waals surface area (Å²) in [5, 5.41) is 20.0. The van der Waals surface area contributed by atoms with Crippen molar-refractivity contribution in [3.63, 3.8) is 0 Å². The summed E-state index contributed by atoms with van der Waals surface area (Å²) in [5.41, 5.74) is 0.700. The van der Waals surface area contributed by atoms with Crippen molar-refractivity contribution in [2.24, 2.45) is 0 Å². The largest absolute Gasteiger partial charge is 0.390 e. The molecule has 0 bridgehead atoms. The van der Waals surface area contributed by atoms with Crippen LogP contribution in [0.4, 0.5) is 0 Å². The van der Waals surface area contributed by atoms with E-state index in [1.165, 1.54) is 0 Å². The average molecular weight is 277 g/mol. The molecule has 1 aromatic rings. The van der Waals surface area contributed by atoms with Crippen LogP contribution in [0.25, 0.3) is 0 Å². The van der Waals surface area contributed by atoms with Gasteiger partial charge < -0.3 is 10.2 Å². The van der Waals surface area contributed by atoms with Crippen LogP contribution in [0.2, 0.25) is 0 Å². The van der Waals surface area contributed by atoms with E-state index in [4.69, 9.17) is 0 Å². The highest BCUT2D eigenvalue weighted by Gasteiger charge is 2.17. The van der Waals surface area contributed by atoms with Crippen LogP contribution in [0, 0.1) is 0 Å². The molecule has 2 nitrogen and oxygen atoms in total. The molecule has 14 heavy (non-hydrogen) atoms. The van der Waals surface area contributed by atoms with Crippen molar-refractivity contribution in [2.75, 3.05) is 5.33 Å². The molecule has 0 radical (unpaired) electrons.